The number of nitrogens with zero attached hydrogens (tertiary/aromatic N) is 1. The van der Waals surface area contributed by atoms with Gasteiger partial charge in [0.1, 0.15) is 5.69 Å². The average molecular weight is 243 g/mol. The third-order valence-electron chi connectivity index (χ3n) is 2.50. The van der Waals surface area contributed by atoms with Gasteiger partial charge in [0.25, 0.3) is 5.69 Å². The van der Waals surface area contributed by atoms with Crippen LogP contribution < -0.4 is 5.32 Å². The SMILES string of the molecule is CCC(CC)Nc1ccc(Cl)cc1[N+](=O)[O-]. The lowest BCUT2D eigenvalue weighted by atomic mass is 10.1. The lowest BCUT2D eigenvalue weighted by Gasteiger charge is -2.16. The van der Waals surface area contributed by atoms with Crippen molar-refractivity contribution in [1.82, 2.24) is 0 Å². The number of hydrogen-bond acceptors (Lipinski definition) is 3. The van der Waals surface area contributed by atoms with Crippen LogP contribution in [-0.2, 0) is 0 Å². The second-order valence-corrected chi connectivity index (χ2v) is 4.01. The van der Waals surface area contributed by atoms with E-state index in [9.17, 15) is 10.1 Å². The van der Waals surface area contributed by atoms with Gasteiger partial charge in [-0.25, -0.2) is 0 Å². The van der Waals surface area contributed by atoms with Gasteiger partial charge in [-0.3, -0.25) is 10.1 Å². The monoisotopic (exact) mass is 242 g/mol. The molecule has 0 aliphatic carbocycles. The Labute approximate surface area is 99.8 Å². The van der Waals surface area contributed by atoms with Crippen molar-refractivity contribution in [2.24, 2.45) is 0 Å². The van der Waals surface area contributed by atoms with Gasteiger partial charge in [-0.05, 0) is 25.0 Å². The van der Waals surface area contributed by atoms with Crippen molar-refractivity contribution in [3.05, 3.63) is 33.3 Å². The lowest BCUT2D eigenvalue weighted by molar-refractivity contribution is -0.384. The first-order valence-corrected chi connectivity index (χ1v) is 5.66. The summed E-state index contributed by atoms with van der Waals surface area (Å²) in [7, 11) is 0. The Morgan fingerprint density at radius 1 is 1.44 bits per heavy atom. The molecular formula is C11H15ClN2O2. The molecule has 0 atom stereocenters. The molecule has 0 unspecified atom stereocenters. The van der Waals surface area contributed by atoms with Crippen molar-refractivity contribution in [1.29, 1.82) is 0 Å². The van der Waals surface area contributed by atoms with Crippen LogP contribution in [0.2, 0.25) is 5.02 Å². The van der Waals surface area contributed by atoms with Crippen LogP contribution >= 0.6 is 11.6 Å². The van der Waals surface area contributed by atoms with Gasteiger partial charge in [0.15, 0.2) is 0 Å². The predicted octanol–water partition coefficient (Wildman–Crippen LogP) is 3.85. The Balaban J connectivity index is 2.98. The van der Waals surface area contributed by atoms with E-state index in [0.717, 1.165) is 12.8 Å². The first kappa shape index (κ1) is 12.8. The number of benzene rings is 1. The molecule has 16 heavy (non-hydrogen) atoms. The fraction of sp³-hybridized carbons (Fsp3) is 0.455. The molecule has 1 aromatic rings. The molecule has 5 heteroatoms. The number of nitro benzene ring substituents is 1. The Bertz CT molecular complexity index is 378. The predicted molar refractivity (Wildman–Crippen MR) is 66.1 cm³/mol. The van der Waals surface area contributed by atoms with Gasteiger partial charge in [-0.2, -0.15) is 0 Å². The Morgan fingerprint density at radius 2 is 2.06 bits per heavy atom. The second kappa shape index (κ2) is 5.70. The van der Waals surface area contributed by atoms with E-state index in [-0.39, 0.29) is 11.7 Å². The normalized spacial score (nSPS) is 10.5. The first-order chi connectivity index (χ1) is 7.58. The number of nitro groups is 1. The van der Waals surface area contributed by atoms with Crippen LogP contribution in [0.25, 0.3) is 0 Å². The summed E-state index contributed by atoms with van der Waals surface area (Å²) in [6, 6.07) is 4.92. The van der Waals surface area contributed by atoms with Crippen LogP contribution in [0.5, 0.6) is 0 Å². The van der Waals surface area contributed by atoms with Gasteiger partial charge >= 0.3 is 0 Å². The van der Waals surface area contributed by atoms with E-state index in [0.29, 0.717) is 10.7 Å². The quantitative estimate of drug-likeness (QED) is 0.630. The molecule has 1 N–H and O–H groups in total. The molecule has 0 heterocycles. The molecular weight excluding hydrogens is 228 g/mol. The van der Waals surface area contributed by atoms with E-state index in [1.807, 2.05) is 13.8 Å². The third-order valence-corrected chi connectivity index (χ3v) is 2.74. The Kier molecular flexibility index (Phi) is 4.55. The first-order valence-electron chi connectivity index (χ1n) is 5.29. The molecule has 0 aliphatic heterocycles. The van der Waals surface area contributed by atoms with E-state index in [4.69, 9.17) is 11.6 Å². The molecule has 88 valence electrons. The minimum Gasteiger partial charge on any atom is -0.377 e. The number of anilines is 1. The third kappa shape index (κ3) is 3.10. The Hall–Kier alpha value is -1.29. The molecule has 1 rings (SSSR count). The maximum atomic E-state index is 10.8. The highest BCUT2D eigenvalue weighted by atomic mass is 35.5. The minimum absolute atomic E-state index is 0.0272. The zero-order chi connectivity index (χ0) is 12.1. The number of hydrogen-bond donors (Lipinski definition) is 1. The number of nitrogens with one attached hydrogen (secondary N) is 1. The summed E-state index contributed by atoms with van der Waals surface area (Å²) in [5.41, 5.74) is 0.558. The summed E-state index contributed by atoms with van der Waals surface area (Å²) in [4.78, 5) is 10.4. The molecule has 0 saturated heterocycles. The van der Waals surface area contributed by atoms with Gasteiger partial charge in [0.05, 0.1) is 4.92 Å². The molecule has 0 saturated carbocycles. The van der Waals surface area contributed by atoms with Crippen molar-refractivity contribution < 1.29 is 4.92 Å². The van der Waals surface area contributed by atoms with Crippen LogP contribution in [0.3, 0.4) is 0 Å². The van der Waals surface area contributed by atoms with Gasteiger partial charge in [0.2, 0.25) is 0 Å². The number of halogens is 1. The van der Waals surface area contributed by atoms with E-state index >= 15 is 0 Å². The molecule has 0 aliphatic rings. The minimum atomic E-state index is -0.420. The summed E-state index contributed by atoms with van der Waals surface area (Å²) in [5.74, 6) is 0. The van der Waals surface area contributed by atoms with Crippen LogP contribution in [-0.4, -0.2) is 11.0 Å². The summed E-state index contributed by atoms with van der Waals surface area (Å²) >= 11 is 5.73. The molecule has 0 radical (unpaired) electrons. The number of rotatable bonds is 5. The largest absolute Gasteiger partial charge is 0.377 e. The second-order valence-electron chi connectivity index (χ2n) is 3.58. The fourth-order valence-corrected chi connectivity index (χ4v) is 1.66. The summed E-state index contributed by atoms with van der Waals surface area (Å²) in [6.07, 6.45) is 1.85. The zero-order valence-corrected chi connectivity index (χ0v) is 10.1. The van der Waals surface area contributed by atoms with Crippen LogP contribution in [0.1, 0.15) is 26.7 Å². The van der Waals surface area contributed by atoms with Gasteiger partial charge in [-0.1, -0.05) is 25.4 Å². The van der Waals surface area contributed by atoms with Gasteiger partial charge < -0.3 is 5.32 Å². The van der Waals surface area contributed by atoms with Crippen molar-refractivity contribution in [2.45, 2.75) is 32.7 Å². The van der Waals surface area contributed by atoms with Crippen molar-refractivity contribution in [3.8, 4) is 0 Å². The van der Waals surface area contributed by atoms with E-state index in [1.165, 1.54) is 6.07 Å². The van der Waals surface area contributed by atoms with E-state index in [1.54, 1.807) is 12.1 Å². The van der Waals surface area contributed by atoms with Crippen molar-refractivity contribution >= 4 is 23.0 Å². The molecule has 0 spiro atoms. The van der Waals surface area contributed by atoms with Crippen LogP contribution in [0.15, 0.2) is 18.2 Å². The van der Waals surface area contributed by atoms with Crippen LogP contribution in [0.4, 0.5) is 11.4 Å². The highest BCUT2D eigenvalue weighted by molar-refractivity contribution is 6.30. The standard InChI is InChI=1S/C11H15ClN2O2/c1-3-9(4-2)13-10-6-5-8(12)7-11(10)14(15)16/h5-7,9,13H,3-4H2,1-2H3. The fourth-order valence-electron chi connectivity index (χ4n) is 1.49. The Morgan fingerprint density at radius 3 is 2.56 bits per heavy atom. The molecule has 0 amide bonds. The van der Waals surface area contributed by atoms with E-state index < -0.39 is 4.92 Å². The molecule has 0 bridgehead atoms. The molecule has 4 nitrogen and oxygen atoms in total. The summed E-state index contributed by atoms with van der Waals surface area (Å²) in [5, 5.41) is 14.4. The van der Waals surface area contributed by atoms with Crippen molar-refractivity contribution in [3.63, 3.8) is 0 Å². The van der Waals surface area contributed by atoms with Gasteiger partial charge in [-0.15, -0.1) is 0 Å². The maximum absolute atomic E-state index is 10.8. The van der Waals surface area contributed by atoms with Crippen molar-refractivity contribution in [2.75, 3.05) is 5.32 Å². The van der Waals surface area contributed by atoms with Gasteiger partial charge in [0, 0.05) is 17.1 Å². The summed E-state index contributed by atoms with van der Waals surface area (Å²) in [6.45, 7) is 4.09. The smallest absolute Gasteiger partial charge is 0.293 e. The van der Waals surface area contributed by atoms with E-state index in [2.05, 4.69) is 5.32 Å². The van der Waals surface area contributed by atoms with Crippen LogP contribution in [0, 0.1) is 10.1 Å². The maximum Gasteiger partial charge on any atom is 0.293 e. The highest BCUT2D eigenvalue weighted by Crippen LogP contribution is 2.28. The lowest BCUT2D eigenvalue weighted by Crippen LogP contribution is -2.17. The average Bonchev–Trinajstić information content (AvgIpc) is 2.27. The zero-order valence-electron chi connectivity index (χ0n) is 9.37. The highest BCUT2D eigenvalue weighted by Gasteiger charge is 2.16. The molecule has 1 aromatic carbocycles. The molecule has 0 aromatic heterocycles. The summed E-state index contributed by atoms with van der Waals surface area (Å²) < 4.78 is 0. The molecule has 0 fully saturated rings. The topological polar surface area (TPSA) is 55.2 Å².